The van der Waals surface area contributed by atoms with Crippen molar-refractivity contribution < 1.29 is 4.79 Å². The maximum Gasteiger partial charge on any atom is 0.257 e. The Morgan fingerprint density at radius 2 is 1.70 bits per heavy atom. The minimum atomic E-state index is -0.149. The second-order valence-corrected chi connectivity index (χ2v) is 5.50. The summed E-state index contributed by atoms with van der Waals surface area (Å²) >= 11 is 0. The summed E-state index contributed by atoms with van der Waals surface area (Å²) in [6, 6.07) is 9.62. The van der Waals surface area contributed by atoms with E-state index in [1.807, 2.05) is 49.3 Å². The van der Waals surface area contributed by atoms with Crippen LogP contribution in [0.5, 0.6) is 0 Å². The van der Waals surface area contributed by atoms with E-state index in [1.165, 1.54) is 0 Å². The fraction of sp³-hybridized carbons (Fsp3) is 0.333. The number of carbonyl (C=O) groups excluding carboxylic acids is 1. The van der Waals surface area contributed by atoms with Gasteiger partial charge in [0.05, 0.1) is 17.4 Å². The molecular formula is C18H24N4O. The Bertz CT molecular complexity index is 648. The highest BCUT2D eigenvalue weighted by atomic mass is 16.1. The zero-order valence-electron chi connectivity index (χ0n) is 14.2. The summed E-state index contributed by atoms with van der Waals surface area (Å²) in [6.07, 6.45) is 3.38. The second kappa shape index (κ2) is 7.63. The normalized spacial score (nSPS) is 10.3. The average molecular weight is 312 g/mol. The highest BCUT2D eigenvalue weighted by molar-refractivity contribution is 6.04. The van der Waals surface area contributed by atoms with Crippen LogP contribution < -0.4 is 15.1 Å². The van der Waals surface area contributed by atoms with Crippen molar-refractivity contribution in [2.75, 3.05) is 42.3 Å². The van der Waals surface area contributed by atoms with Gasteiger partial charge < -0.3 is 15.1 Å². The van der Waals surface area contributed by atoms with E-state index >= 15 is 0 Å². The molecule has 1 heterocycles. The summed E-state index contributed by atoms with van der Waals surface area (Å²) in [5.74, 6) is -0.149. The SMILES string of the molecule is CCN(CC)c1cncc(C(=O)Nc2ccc(N(C)C)cc2)c1. The predicted molar refractivity (Wildman–Crippen MR) is 96.5 cm³/mol. The molecule has 1 amide bonds. The molecular weight excluding hydrogens is 288 g/mol. The van der Waals surface area contributed by atoms with Crippen LogP contribution in [-0.2, 0) is 0 Å². The third kappa shape index (κ3) is 4.22. The van der Waals surface area contributed by atoms with E-state index in [9.17, 15) is 4.79 Å². The zero-order chi connectivity index (χ0) is 16.8. The molecule has 0 bridgehead atoms. The van der Waals surface area contributed by atoms with Crippen LogP contribution in [0.1, 0.15) is 24.2 Å². The van der Waals surface area contributed by atoms with Crippen LogP contribution in [0.4, 0.5) is 17.1 Å². The molecule has 0 saturated carbocycles. The van der Waals surface area contributed by atoms with Gasteiger partial charge in [0.15, 0.2) is 0 Å². The molecule has 5 nitrogen and oxygen atoms in total. The molecule has 0 spiro atoms. The maximum atomic E-state index is 12.4. The van der Waals surface area contributed by atoms with Crippen molar-refractivity contribution in [3.63, 3.8) is 0 Å². The highest BCUT2D eigenvalue weighted by Gasteiger charge is 2.10. The van der Waals surface area contributed by atoms with Crippen LogP contribution in [-0.4, -0.2) is 38.1 Å². The summed E-state index contributed by atoms with van der Waals surface area (Å²) in [7, 11) is 3.97. The van der Waals surface area contributed by atoms with Crippen LogP contribution in [0.15, 0.2) is 42.7 Å². The molecule has 0 saturated heterocycles. The number of pyridine rings is 1. The summed E-state index contributed by atoms with van der Waals surface area (Å²) in [4.78, 5) is 20.8. The first kappa shape index (κ1) is 16.8. The first-order chi connectivity index (χ1) is 11.0. The number of rotatable bonds is 6. The van der Waals surface area contributed by atoms with Gasteiger partial charge in [-0.15, -0.1) is 0 Å². The number of nitrogens with one attached hydrogen (secondary N) is 1. The fourth-order valence-corrected chi connectivity index (χ4v) is 2.36. The molecule has 0 aliphatic carbocycles. The minimum absolute atomic E-state index is 0.149. The summed E-state index contributed by atoms with van der Waals surface area (Å²) < 4.78 is 0. The number of carbonyl (C=O) groups is 1. The average Bonchev–Trinajstić information content (AvgIpc) is 2.57. The predicted octanol–water partition coefficient (Wildman–Crippen LogP) is 3.25. The molecule has 1 aromatic heterocycles. The quantitative estimate of drug-likeness (QED) is 0.889. The van der Waals surface area contributed by atoms with E-state index < -0.39 is 0 Å². The van der Waals surface area contributed by atoms with Crippen LogP contribution in [0.3, 0.4) is 0 Å². The van der Waals surface area contributed by atoms with E-state index in [1.54, 1.807) is 12.4 Å². The maximum absolute atomic E-state index is 12.4. The van der Waals surface area contributed by atoms with E-state index in [4.69, 9.17) is 0 Å². The first-order valence-corrected chi connectivity index (χ1v) is 7.83. The number of amides is 1. The van der Waals surface area contributed by atoms with E-state index in [0.29, 0.717) is 5.56 Å². The van der Waals surface area contributed by atoms with Crippen LogP contribution in [0, 0.1) is 0 Å². The lowest BCUT2D eigenvalue weighted by atomic mass is 10.2. The van der Waals surface area contributed by atoms with Crippen LogP contribution >= 0.6 is 0 Å². The third-order valence-corrected chi connectivity index (χ3v) is 3.76. The molecule has 1 aromatic carbocycles. The molecule has 5 heteroatoms. The smallest absolute Gasteiger partial charge is 0.257 e. The van der Waals surface area contributed by atoms with Gasteiger partial charge in [-0.2, -0.15) is 0 Å². The highest BCUT2D eigenvalue weighted by Crippen LogP contribution is 2.18. The monoisotopic (exact) mass is 312 g/mol. The second-order valence-electron chi connectivity index (χ2n) is 5.50. The van der Waals surface area contributed by atoms with E-state index in [2.05, 4.69) is 29.0 Å². The van der Waals surface area contributed by atoms with Gasteiger partial charge in [0.1, 0.15) is 0 Å². The van der Waals surface area contributed by atoms with Gasteiger partial charge in [0.25, 0.3) is 5.91 Å². The Balaban J connectivity index is 2.12. The molecule has 0 aliphatic heterocycles. The molecule has 122 valence electrons. The molecule has 0 atom stereocenters. The molecule has 0 aliphatic rings. The third-order valence-electron chi connectivity index (χ3n) is 3.76. The lowest BCUT2D eigenvalue weighted by Gasteiger charge is -2.20. The number of aromatic nitrogens is 1. The van der Waals surface area contributed by atoms with E-state index in [0.717, 1.165) is 30.2 Å². The van der Waals surface area contributed by atoms with Crippen LogP contribution in [0.2, 0.25) is 0 Å². The van der Waals surface area contributed by atoms with Crippen molar-refractivity contribution in [1.82, 2.24) is 4.98 Å². The molecule has 0 fully saturated rings. The molecule has 2 aromatic rings. The van der Waals surface area contributed by atoms with Gasteiger partial charge in [-0.1, -0.05) is 0 Å². The number of anilines is 3. The summed E-state index contributed by atoms with van der Waals surface area (Å²) in [5, 5.41) is 2.91. The number of hydrogen-bond acceptors (Lipinski definition) is 4. The van der Waals surface area contributed by atoms with Crippen molar-refractivity contribution >= 4 is 23.0 Å². The fourth-order valence-electron chi connectivity index (χ4n) is 2.36. The Morgan fingerprint density at radius 1 is 1.04 bits per heavy atom. The molecule has 2 rings (SSSR count). The van der Waals surface area contributed by atoms with Gasteiger partial charge in [0.2, 0.25) is 0 Å². The zero-order valence-corrected chi connectivity index (χ0v) is 14.2. The van der Waals surface area contributed by atoms with Gasteiger partial charge in [-0.3, -0.25) is 9.78 Å². The van der Waals surface area contributed by atoms with Crippen LogP contribution in [0.25, 0.3) is 0 Å². The lowest BCUT2D eigenvalue weighted by Crippen LogP contribution is -2.22. The molecule has 23 heavy (non-hydrogen) atoms. The van der Waals surface area contributed by atoms with Gasteiger partial charge in [-0.25, -0.2) is 0 Å². The van der Waals surface area contributed by atoms with Gasteiger partial charge in [0, 0.05) is 44.8 Å². The first-order valence-electron chi connectivity index (χ1n) is 7.83. The topological polar surface area (TPSA) is 48.5 Å². The Labute approximate surface area is 137 Å². The van der Waals surface area contributed by atoms with Gasteiger partial charge >= 0.3 is 0 Å². The molecule has 0 unspecified atom stereocenters. The minimum Gasteiger partial charge on any atom is -0.378 e. The van der Waals surface area contributed by atoms with E-state index in [-0.39, 0.29) is 5.91 Å². The standard InChI is InChI=1S/C18H24N4O/c1-5-22(6-2)17-11-14(12-19-13-17)18(23)20-15-7-9-16(10-8-15)21(3)4/h7-13H,5-6H2,1-4H3,(H,20,23). The van der Waals surface area contributed by atoms with Crippen molar-refractivity contribution in [3.05, 3.63) is 48.3 Å². The largest absolute Gasteiger partial charge is 0.378 e. The number of hydrogen-bond donors (Lipinski definition) is 1. The molecule has 1 N–H and O–H groups in total. The Kier molecular flexibility index (Phi) is 5.57. The van der Waals surface area contributed by atoms with Crippen molar-refractivity contribution in [1.29, 1.82) is 0 Å². The Morgan fingerprint density at radius 3 is 2.26 bits per heavy atom. The summed E-state index contributed by atoms with van der Waals surface area (Å²) in [6.45, 7) is 5.94. The van der Waals surface area contributed by atoms with Crippen molar-refractivity contribution in [2.45, 2.75) is 13.8 Å². The lowest BCUT2D eigenvalue weighted by molar-refractivity contribution is 0.102. The van der Waals surface area contributed by atoms with Gasteiger partial charge in [-0.05, 0) is 44.2 Å². The van der Waals surface area contributed by atoms with Crippen molar-refractivity contribution in [2.24, 2.45) is 0 Å². The number of benzene rings is 1. The molecule has 0 radical (unpaired) electrons. The number of nitrogens with zero attached hydrogens (tertiary/aromatic N) is 3. The summed E-state index contributed by atoms with van der Waals surface area (Å²) in [5.41, 5.74) is 3.39. The Hall–Kier alpha value is -2.56. The van der Waals surface area contributed by atoms with Crippen molar-refractivity contribution in [3.8, 4) is 0 Å².